The Balaban J connectivity index is 1.88. The van der Waals surface area contributed by atoms with Gasteiger partial charge in [0.1, 0.15) is 18.5 Å². The van der Waals surface area contributed by atoms with Gasteiger partial charge in [0.25, 0.3) is 0 Å². The van der Waals surface area contributed by atoms with Crippen LogP contribution < -0.4 is 0 Å². The number of carbonyl (C=O) groups is 1. The molecule has 0 spiro atoms. The zero-order valence-electron chi connectivity index (χ0n) is 11.5. The van der Waals surface area contributed by atoms with Gasteiger partial charge in [-0.1, -0.05) is 42.5 Å². The Labute approximate surface area is 123 Å². The smallest absolute Gasteiger partial charge is 0.328 e. The van der Waals surface area contributed by atoms with Crippen molar-refractivity contribution >= 4 is 5.97 Å². The molecule has 1 aliphatic rings. The molecule has 1 atom stereocenters. The Morgan fingerprint density at radius 3 is 2.71 bits per heavy atom. The van der Waals surface area contributed by atoms with Crippen molar-refractivity contribution in [3.8, 4) is 0 Å². The second-order valence-electron chi connectivity index (χ2n) is 5.08. The average molecular weight is 285 g/mol. The van der Waals surface area contributed by atoms with Gasteiger partial charge in [0.2, 0.25) is 0 Å². The van der Waals surface area contributed by atoms with Gasteiger partial charge in [0.15, 0.2) is 0 Å². The van der Waals surface area contributed by atoms with E-state index in [0.29, 0.717) is 25.3 Å². The molecule has 0 N–H and O–H groups in total. The molecule has 0 bridgehead atoms. The summed E-state index contributed by atoms with van der Waals surface area (Å²) in [6, 6.07) is 15.5. The second kappa shape index (κ2) is 6.06. The van der Waals surface area contributed by atoms with Crippen molar-refractivity contribution in [1.29, 1.82) is 0 Å². The Morgan fingerprint density at radius 1 is 1.14 bits per heavy atom. The lowest BCUT2D eigenvalue weighted by atomic mass is 10.0. The molecule has 108 valence electrons. The highest BCUT2D eigenvalue weighted by atomic mass is 19.1. The first-order valence-electron chi connectivity index (χ1n) is 6.94. The Bertz CT molecular complexity index is 630. The molecule has 1 saturated heterocycles. The van der Waals surface area contributed by atoms with E-state index in [4.69, 9.17) is 4.74 Å². The molecule has 0 amide bonds. The number of hydrogen-bond donors (Lipinski definition) is 0. The molecule has 0 radical (unpaired) electrons. The van der Waals surface area contributed by atoms with Crippen LogP contribution in [0.4, 0.5) is 4.39 Å². The van der Waals surface area contributed by atoms with E-state index < -0.39 is 6.04 Å². The summed E-state index contributed by atoms with van der Waals surface area (Å²) in [7, 11) is 0. The zero-order valence-corrected chi connectivity index (χ0v) is 11.5. The lowest BCUT2D eigenvalue weighted by Crippen LogP contribution is -2.42. The number of carbonyl (C=O) groups excluding carboxylic acids is 1. The highest BCUT2D eigenvalue weighted by molar-refractivity contribution is 5.78. The fourth-order valence-electron chi connectivity index (χ4n) is 2.63. The highest BCUT2D eigenvalue weighted by Gasteiger charge is 2.33. The molecule has 0 aliphatic carbocycles. The van der Waals surface area contributed by atoms with Crippen LogP contribution in [0, 0.1) is 5.82 Å². The lowest BCUT2D eigenvalue weighted by molar-refractivity contribution is -0.158. The Hall–Kier alpha value is -2.20. The van der Waals surface area contributed by atoms with Gasteiger partial charge in [0.05, 0.1) is 0 Å². The van der Waals surface area contributed by atoms with E-state index in [1.165, 1.54) is 12.1 Å². The number of nitrogens with zero attached hydrogens (tertiary/aromatic N) is 1. The minimum absolute atomic E-state index is 0.317. The maximum Gasteiger partial charge on any atom is 0.328 e. The van der Waals surface area contributed by atoms with Crippen LogP contribution in [0.2, 0.25) is 0 Å². The van der Waals surface area contributed by atoms with Crippen molar-refractivity contribution in [2.45, 2.75) is 12.6 Å². The fourth-order valence-corrected chi connectivity index (χ4v) is 2.63. The van der Waals surface area contributed by atoms with E-state index in [0.717, 1.165) is 5.56 Å². The monoisotopic (exact) mass is 285 g/mol. The molecule has 2 aromatic carbocycles. The summed E-state index contributed by atoms with van der Waals surface area (Å²) in [4.78, 5) is 14.1. The predicted molar refractivity (Wildman–Crippen MR) is 77.0 cm³/mol. The van der Waals surface area contributed by atoms with Crippen LogP contribution in [0.1, 0.15) is 17.2 Å². The van der Waals surface area contributed by atoms with Crippen LogP contribution in [0.5, 0.6) is 0 Å². The van der Waals surface area contributed by atoms with Gasteiger partial charge in [-0.3, -0.25) is 4.90 Å². The SMILES string of the molecule is O=C1OCCN(Cc2ccccc2)C1c1cccc(F)c1. The van der Waals surface area contributed by atoms with Crippen molar-refractivity contribution in [3.63, 3.8) is 0 Å². The molecular formula is C17H16FNO2. The normalized spacial score (nSPS) is 19.3. The van der Waals surface area contributed by atoms with Gasteiger partial charge in [-0.2, -0.15) is 0 Å². The van der Waals surface area contributed by atoms with E-state index in [2.05, 4.69) is 0 Å². The number of halogens is 1. The molecule has 0 aromatic heterocycles. The first-order valence-corrected chi connectivity index (χ1v) is 6.94. The van der Waals surface area contributed by atoms with Gasteiger partial charge in [-0.25, -0.2) is 9.18 Å². The van der Waals surface area contributed by atoms with Crippen molar-refractivity contribution in [1.82, 2.24) is 4.90 Å². The molecule has 2 aromatic rings. The number of rotatable bonds is 3. The van der Waals surface area contributed by atoms with E-state index in [1.54, 1.807) is 12.1 Å². The molecule has 1 unspecified atom stereocenters. The van der Waals surface area contributed by atoms with Crippen LogP contribution >= 0.6 is 0 Å². The molecular weight excluding hydrogens is 269 g/mol. The van der Waals surface area contributed by atoms with Gasteiger partial charge < -0.3 is 4.74 Å². The zero-order chi connectivity index (χ0) is 14.7. The van der Waals surface area contributed by atoms with E-state index >= 15 is 0 Å². The minimum Gasteiger partial charge on any atom is -0.463 e. The van der Waals surface area contributed by atoms with Crippen LogP contribution in [-0.2, 0) is 16.1 Å². The van der Waals surface area contributed by atoms with Crippen molar-refractivity contribution in [2.24, 2.45) is 0 Å². The van der Waals surface area contributed by atoms with Gasteiger partial charge in [-0.05, 0) is 23.3 Å². The molecule has 1 aliphatic heterocycles. The van der Waals surface area contributed by atoms with Gasteiger partial charge >= 0.3 is 5.97 Å². The van der Waals surface area contributed by atoms with Crippen LogP contribution in [0.3, 0.4) is 0 Å². The molecule has 0 saturated carbocycles. The lowest BCUT2D eigenvalue weighted by Gasteiger charge is -2.34. The summed E-state index contributed by atoms with van der Waals surface area (Å²) < 4.78 is 18.6. The first-order chi connectivity index (χ1) is 10.2. The summed E-state index contributed by atoms with van der Waals surface area (Å²) >= 11 is 0. The average Bonchev–Trinajstić information content (AvgIpc) is 2.48. The molecule has 1 fully saturated rings. The molecule has 3 nitrogen and oxygen atoms in total. The second-order valence-corrected chi connectivity index (χ2v) is 5.08. The highest BCUT2D eigenvalue weighted by Crippen LogP contribution is 2.27. The molecule has 3 rings (SSSR count). The van der Waals surface area contributed by atoms with Crippen molar-refractivity contribution in [3.05, 3.63) is 71.5 Å². The fraction of sp³-hybridized carbons (Fsp3) is 0.235. The number of hydrogen-bond acceptors (Lipinski definition) is 3. The van der Waals surface area contributed by atoms with Crippen molar-refractivity contribution < 1.29 is 13.9 Å². The molecule has 21 heavy (non-hydrogen) atoms. The quantitative estimate of drug-likeness (QED) is 0.812. The Morgan fingerprint density at radius 2 is 1.95 bits per heavy atom. The third-order valence-corrected chi connectivity index (χ3v) is 3.60. The summed E-state index contributed by atoms with van der Waals surface area (Å²) in [5.74, 6) is -0.659. The number of morpholine rings is 1. The van der Waals surface area contributed by atoms with Gasteiger partial charge in [0, 0.05) is 13.1 Å². The van der Waals surface area contributed by atoms with Crippen LogP contribution in [0.15, 0.2) is 54.6 Å². The van der Waals surface area contributed by atoms with Crippen LogP contribution in [0.25, 0.3) is 0 Å². The van der Waals surface area contributed by atoms with Crippen molar-refractivity contribution in [2.75, 3.05) is 13.2 Å². The largest absolute Gasteiger partial charge is 0.463 e. The summed E-state index contributed by atoms with van der Waals surface area (Å²) in [5.41, 5.74) is 1.75. The van der Waals surface area contributed by atoms with Crippen LogP contribution in [-0.4, -0.2) is 24.0 Å². The maximum absolute atomic E-state index is 13.4. The maximum atomic E-state index is 13.4. The summed E-state index contributed by atoms with van der Waals surface area (Å²) in [5, 5.41) is 0. The number of esters is 1. The van der Waals surface area contributed by atoms with E-state index in [1.807, 2.05) is 35.2 Å². The van der Waals surface area contributed by atoms with E-state index in [-0.39, 0.29) is 11.8 Å². The number of ether oxygens (including phenoxy) is 1. The van der Waals surface area contributed by atoms with Gasteiger partial charge in [-0.15, -0.1) is 0 Å². The third kappa shape index (κ3) is 3.11. The third-order valence-electron chi connectivity index (χ3n) is 3.60. The first kappa shape index (κ1) is 13.8. The molecule has 1 heterocycles. The predicted octanol–water partition coefficient (Wildman–Crippen LogP) is 2.93. The summed E-state index contributed by atoms with van der Waals surface area (Å²) in [6.45, 7) is 1.65. The number of cyclic esters (lactones) is 1. The number of benzene rings is 2. The minimum atomic E-state index is -0.547. The Kier molecular flexibility index (Phi) is 3.97. The standard InChI is InChI=1S/C17H16FNO2/c18-15-8-4-7-14(11-15)16-17(20)21-10-9-19(16)12-13-5-2-1-3-6-13/h1-8,11,16H,9-10,12H2. The topological polar surface area (TPSA) is 29.5 Å². The molecule has 4 heteroatoms. The summed E-state index contributed by atoms with van der Waals surface area (Å²) in [6.07, 6.45) is 0. The van der Waals surface area contributed by atoms with E-state index in [9.17, 15) is 9.18 Å².